The summed E-state index contributed by atoms with van der Waals surface area (Å²) in [4.78, 5) is 29.2. The molecular formula is C56H48N4O4. The molecule has 1 spiro atoms. The van der Waals surface area contributed by atoms with Gasteiger partial charge in [0.05, 0.1) is 42.8 Å². The van der Waals surface area contributed by atoms with Crippen molar-refractivity contribution in [2.24, 2.45) is 9.98 Å². The van der Waals surface area contributed by atoms with Crippen molar-refractivity contribution in [3.05, 3.63) is 185 Å². The van der Waals surface area contributed by atoms with E-state index in [0.29, 0.717) is 13.2 Å². The first-order valence-electron chi connectivity index (χ1n) is 22.4. The molecule has 64 heavy (non-hydrogen) atoms. The zero-order valence-electron chi connectivity index (χ0n) is 36.0. The van der Waals surface area contributed by atoms with E-state index in [4.69, 9.17) is 29.2 Å². The Morgan fingerprint density at radius 2 is 1.25 bits per heavy atom. The number of nitrogens with zero attached hydrogens (tertiary/aromatic N) is 4. The van der Waals surface area contributed by atoms with Crippen LogP contribution in [-0.4, -0.2) is 47.3 Å². The maximum absolute atomic E-state index is 11.3. The molecule has 0 radical (unpaired) electrons. The third-order valence-corrected chi connectivity index (χ3v) is 13.1. The Morgan fingerprint density at radius 3 is 1.94 bits per heavy atom. The van der Waals surface area contributed by atoms with Gasteiger partial charge < -0.3 is 14.2 Å². The van der Waals surface area contributed by atoms with Crippen LogP contribution in [0.3, 0.4) is 0 Å². The summed E-state index contributed by atoms with van der Waals surface area (Å²) in [5.41, 5.74) is 12.7. The SMILES string of the molecule is C=CC(=O)OCCCCCCOc1ccc(C2=NC3(N=C2c2ccc(OC)cc2)c2cc4ccc2CCc2ccc(cc2-c2nc5c6ccccc6c6ccccc6c5n23)CC4)cc1. The summed E-state index contributed by atoms with van der Waals surface area (Å²) in [6.45, 7) is 4.46. The Bertz CT molecular complexity index is 3200. The molecule has 8 heteroatoms. The Labute approximate surface area is 372 Å². The van der Waals surface area contributed by atoms with Crippen LogP contribution in [0.5, 0.6) is 11.5 Å². The van der Waals surface area contributed by atoms with E-state index in [1.807, 2.05) is 24.3 Å². The monoisotopic (exact) mass is 840 g/mol. The second-order valence-electron chi connectivity index (χ2n) is 17.0. The zero-order chi connectivity index (χ0) is 43.2. The third kappa shape index (κ3) is 6.85. The lowest BCUT2D eigenvalue weighted by Crippen LogP contribution is -2.32. The molecule has 1 unspecified atom stereocenters. The highest BCUT2D eigenvalue weighted by Crippen LogP contribution is 2.49. The van der Waals surface area contributed by atoms with E-state index in [0.717, 1.165) is 124 Å². The van der Waals surface area contributed by atoms with Crippen molar-refractivity contribution in [1.29, 1.82) is 0 Å². The van der Waals surface area contributed by atoms with Gasteiger partial charge in [-0.3, -0.25) is 4.57 Å². The number of aryl methyl sites for hydroxylation is 4. The lowest BCUT2D eigenvalue weighted by molar-refractivity contribution is -0.137. The first-order valence-corrected chi connectivity index (χ1v) is 22.4. The molecule has 0 aliphatic carbocycles. The lowest BCUT2D eigenvalue weighted by Gasteiger charge is -2.30. The van der Waals surface area contributed by atoms with Crippen molar-refractivity contribution in [1.82, 2.24) is 9.55 Å². The van der Waals surface area contributed by atoms with Crippen LogP contribution in [0.4, 0.5) is 0 Å². The maximum atomic E-state index is 11.3. The number of ether oxygens (including phenoxy) is 3. The third-order valence-electron chi connectivity index (χ3n) is 13.1. The number of unbranched alkanes of at least 4 members (excludes halogenated alkanes) is 3. The number of fused-ring (bicyclic) bond motifs is 8. The van der Waals surface area contributed by atoms with Gasteiger partial charge >= 0.3 is 5.97 Å². The molecule has 3 aliphatic heterocycles. The minimum Gasteiger partial charge on any atom is -0.497 e. The molecule has 0 amide bonds. The standard InChI is InChI=1S/C56H48N4O4/c1-3-50(61)64-33-11-5-4-10-32-63-43-30-26-41(27-31-43)52-51(40-24-28-42(62-2)29-25-40)58-56(59-52)49-35-37-17-16-36-18-20-38(22-23-39(49)21-19-37)48(34-36)55-57-53-46-14-8-6-12-44(46)45-13-7-9-15-47(45)54(53)60(55)56/h3,6-9,12-15,18-21,24-31,34-35H,1,4-5,10-11,16-17,22-23,32-33H2,2H3. The summed E-state index contributed by atoms with van der Waals surface area (Å²) >= 11 is 0. The molecule has 4 heterocycles. The first kappa shape index (κ1) is 39.5. The van der Waals surface area contributed by atoms with E-state index >= 15 is 0 Å². The van der Waals surface area contributed by atoms with Crippen molar-refractivity contribution in [3.8, 4) is 22.9 Å². The summed E-state index contributed by atoms with van der Waals surface area (Å²) in [5, 5.41) is 4.56. The van der Waals surface area contributed by atoms with Gasteiger partial charge in [0.25, 0.3) is 5.79 Å². The van der Waals surface area contributed by atoms with E-state index in [9.17, 15) is 4.79 Å². The zero-order valence-corrected chi connectivity index (χ0v) is 36.0. The smallest absolute Gasteiger partial charge is 0.330 e. The van der Waals surface area contributed by atoms with Crippen LogP contribution in [0.25, 0.3) is 44.0 Å². The number of imidazole rings is 1. The molecule has 0 saturated carbocycles. The number of carbonyl (C=O) groups is 1. The van der Waals surface area contributed by atoms with Gasteiger partial charge in [-0.25, -0.2) is 19.8 Å². The first-order chi connectivity index (χ1) is 31.5. The highest BCUT2D eigenvalue weighted by molar-refractivity contribution is 6.54. The van der Waals surface area contributed by atoms with Gasteiger partial charge in [-0.2, -0.15) is 0 Å². The predicted molar refractivity (Wildman–Crippen MR) is 256 cm³/mol. The quantitative estimate of drug-likeness (QED) is 0.0529. The van der Waals surface area contributed by atoms with Crippen LogP contribution in [0, 0.1) is 0 Å². The number of hydrogen-bond acceptors (Lipinski definition) is 7. The van der Waals surface area contributed by atoms with E-state index in [-0.39, 0.29) is 5.97 Å². The topological polar surface area (TPSA) is 87.3 Å². The van der Waals surface area contributed by atoms with Crippen LogP contribution >= 0.6 is 0 Å². The van der Waals surface area contributed by atoms with Crippen molar-refractivity contribution >= 4 is 50.0 Å². The largest absolute Gasteiger partial charge is 0.497 e. The fraction of sp³-hybridized carbons (Fsp3) is 0.214. The van der Waals surface area contributed by atoms with Gasteiger partial charge in [0, 0.05) is 39.1 Å². The minimum atomic E-state index is -1.26. The fourth-order valence-electron chi connectivity index (χ4n) is 9.89. The number of benzene rings is 7. The van der Waals surface area contributed by atoms with Crippen LogP contribution in [0.15, 0.2) is 156 Å². The number of rotatable bonds is 12. The van der Waals surface area contributed by atoms with Crippen LogP contribution < -0.4 is 9.47 Å². The fourth-order valence-corrected chi connectivity index (χ4v) is 9.89. The molecule has 8 aromatic rings. The van der Waals surface area contributed by atoms with Crippen molar-refractivity contribution in [2.45, 2.75) is 57.2 Å². The van der Waals surface area contributed by atoms with Crippen LogP contribution in [-0.2, 0) is 41.0 Å². The predicted octanol–water partition coefficient (Wildman–Crippen LogP) is 11.5. The Kier molecular flexibility index (Phi) is 10.1. The second-order valence-corrected chi connectivity index (χ2v) is 17.0. The number of aromatic nitrogens is 2. The molecule has 0 saturated heterocycles. The number of aliphatic imine (C=N–C) groups is 2. The van der Waals surface area contributed by atoms with E-state index < -0.39 is 5.79 Å². The summed E-state index contributed by atoms with van der Waals surface area (Å²) in [5.74, 6) is 0.811. The van der Waals surface area contributed by atoms with Gasteiger partial charge in [0.15, 0.2) is 0 Å². The molecule has 8 nitrogen and oxygen atoms in total. The van der Waals surface area contributed by atoms with Crippen molar-refractivity contribution in [2.75, 3.05) is 20.3 Å². The van der Waals surface area contributed by atoms with Gasteiger partial charge in [0.2, 0.25) is 0 Å². The summed E-state index contributed by atoms with van der Waals surface area (Å²) in [7, 11) is 1.69. The molecule has 1 atom stereocenters. The van der Waals surface area contributed by atoms with Crippen molar-refractivity contribution in [3.63, 3.8) is 0 Å². The molecule has 3 aliphatic rings. The molecule has 0 N–H and O–H groups in total. The number of carbonyl (C=O) groups excluding carboxylic acids is 1. The Morgan fingerprint density at radius 1 is 0.656 bits per heavy atom. The Balaban J connectivity index is 1.12. The number of esters is 1. The van der Waals surface area contributed by atoms with E-state index in [1.165, 1.54) is 39.1 Å². The molecule has 4 bridgehead atoms. The molecule has 1 aromatic heterocycles. The van der Waals surface area contributed by atoms with Gasteiger partial charge in [-0.1, -0.05) is 79.4 Å². The average Bonchev–Trinajstić information content (AvgIpc) is 3.95. The highest BCUT2D eigenvalue weighted by Gasteiger charge is 2.46. The maximum Gasteiger partial charge on any atom is 0.330 e. The normalized spacial score (nSPS) is 16.1. The molecule has 0 fully saturated rings. The van der Waals surface area contributed by atoms with Gasteiger partial charge in [-0.05, 0) is 145 Å². The molecule has 7 aromatic carbocycles. The summed E-state index contributed by atoms with van der Waals surface area (Å²) in [6, 6.07) is 47.9. The average molecular weight is 841 g/mol. The van der Waals surface area contributed by atoms with E-state index in [2.05, 4.69) is 120 Å². The summed E-state index contributed by atoms with van der Waals surface area (Å²) < 4.78 is 19.4. The number of methoxy groups -OCH3 is 1. The second kappa shape index (κ2) is 16.4. The Hall–Kier alpha value is -7.32. The van der Waals surface area contributed by atoms with Gasteiger partial charge in [0.1, 0.15) is 17.3 Å². The van der Waals surface area contributed by atoms with Crippen molar-refractivity contribution < 1.29 is 19.0 Å². The minimum absolute atomic E-state index is 0.376. The van der Waals surface area contributed by atoms with E-state index in [1.54, 1.807) is 7.11 Å². The summed E-state index contributed by atoms with van der Waals surface area (Å²) in [6.07, 6.45) is 8.37. The lowest BCUT2D eigenvalue weighted by atomic mass is 9.90. The number of hydrogen-bond donors (Lipinski definition) is 0. The molecule has 316 valence electrons. The molecule has 11 rings (SSSR count). The highest BCUT2D eigenvalue weighted by atomic mass is 16.5. The molecular weight excluding hydrogens is 793 g/mol. The van der Waals surface area contributed by atoms with Gasteiger partial charge in [-0.15, -0.1) is 0 Å². The van der Waals surface area contributed by atoms with Crippen LogP contribution in [0.2, 0.25) is 0 Å². The van der Waals surface area contributed by atoms with Crippen LogP contribution in [0.1, 0.15) is 64.6 Å².